The number of halogens is 1. The summed E-state index contributed by atoms with van der Waals surface area (Å²) in [6.45, 7) is 4.38. The minimum absolute atomic E-state index is 0.156. The van der Waals surface area contributed by atoms with Crippen LogP contribution in [-0.2, 0) is 4.74 Å². The maximum atomic E-state index is 6.00. The van der Waals surface area contributed by atoms with Gasteiger partial charge in [-0.25, -0.2) is 5.43 Å². The molecule has 1 aromatic heterocycles. The Kier molecular flexibility index (Phi) is 4.98. The van der Waals surface area contributed by atoms with Gasteiger partial charge < -0.3 is 4.74 Å². The molecule has 1 aromatic rings. The highest BCUT2D eigenvalue weighted by Gasteiger charge is 2.15. The molecule has 3 N–H and O–H groups in total. The monoisotopic (exact) mass is 229 g/mol. The summed E-state index contributed by atoms with van der Waals surface area (Å²) in [4.78, 5) is 4.17. The first-order valence-corrected chi connectivity index (χ1v) is 5.21. The second-order valence-electron chi connectivity index (χ2n) is 3.47. The highest BCUT2D eigenvalue weighted by atomic mass is 35.5. The normalized spacial score (nSPS) is 13.1. The Morgan fingerprint density at radius 3 is 2.87 bits per heavy atom. The van der Waals surface area contributed by atoms with Crippen LogP contribution < -0.4 is 11.3 Å². The molecule has 1 rings (SSSR count). The van der Waals surface area contributed by atoms with Crippen molar-refractivity contribution in [2.45, 2.75) is 26.0 Å². The SMILES string of the molecule is CC(C)OCC(NN)c1ncccc1Cl. The van der Waals surface area contributed by atoms with Gasteiger partial charge in [-0.3, -0.25) is 10.8 Å². The predicted molar refractivity (Wildman–Crippen MR) is 60.4 cm³/mol. The van der Waals surface area contributed by atoms with Crippen LogP contribution >= 0.6 is 11.6 Å². The summed E-state index contributed by atoms with van der Waals surface area (Å²) in [5.41, 5.74) is 3.35. The van der Waals surface area contributed by atoms with Crippen molar-refractivity contribution in [2.75, 3.05) is 6.61 Å². The Morgan fingerprint density at radius 1 is 1.60 bits per heavy atom. The minimum Gasteiger partial charge on any atom is -0.377 e. The Balaban J connectivity index is 2.70. The molecule has 84 valence electrons. The van der Waals surface area contributed by atoms with Gasteiger partial charge in [0.05, 0.1) is 29.5 Å². The third-order valence-corrected chi connectivity index (χ3v) is 2.23. The van der Waals surface area contributed by atoms with E-state index >= 15 is 0 Å². The lowest BCUT2D eigenvalue weighted by molar-refractivity contribution is 0.0604. The number of aromatic nitrogens is 1. The average molecular weight is 230 g/mol. The van der Waals surface area contributed by atoms with Gasteiger partial charge in [-0.05, 0) is 26.0 Å². The molecule has 0 aliphatic heterocycles. The number of nitrogens with two attached hydrogens (primary N) is 1. The number of hydrogen-bond donors (Lipinski definition) is 2. The fourth-order valence-electron chi connectivity index (χ4n) is 1.15. The minimum atomic E-state index is -0.180. The molecule has 1 atom stereocenters. The van der Waals surface area contributed by atoms with Gasteiger partial charge in [0, 0.05) is 6.20 Å². The van der Waals surface area contributed by atoms with E-state index in [1.54, 1.807) is 18.3 Å². The van der Waals surface area contributed by atoms with Crippen molar-refractivity contribution < 1.29 is 4.74 Å². The van der Waals surface area contributed by atoms with Crippen LogP contribution in [0.1, 0.15) is 25.6 Å². The fourth-order valence-corrected chi connectivity index (χ4v) is 1.40. The molecule has 1 heterocycles. The zero-order valence-electron chi connectivity index (χ0n) is 8.90. The number of pyridine rings is 1. The van der Waals surface area contributed by atoms with E-state index in [9.17, 15) is 0 Å². The lowest BCUT2D eigenvalue weighted by Crippen LogP contribution is -2.33. The van der Waals surface area contributed by atoms with Gasteiger partial charge in [-0.2, -0.15) is 0 Å². The fraction of sp³-hybridized carbons (Fsp3) is 0.500. The zero-order valence-corrected chi connectivity index (χ0v) is 9.66. The predicted octanol–water partition coefficient (Wildman–Crippen LogP) is 1.66. The van der Waals surface area contributed by atoms with Gasteiger partial charge in [0.2, 0.25) is 0 Å². The highest BCUT2D eigenvalue weighted by Crippen LogP contribution is 2.19. The van der Waals surface area contributed by atoms with E-state index in [4.69, 9.17) is 22.2 Å². The topological polar surface area (TPSA) is 60.2 Å². The van der Waals surface area contributed by atoms with Crippen LogP contribution in [0.4, 0.5) is 0 Å². The van der Waals surface area contributed by atoms with Gasteiger partial charge in [0.15, 0.2) is 0 Å². The average Bonchev–Trinajstić information content (AvgIpc) is 2.21. The van der Waals surface area contributed by atoms with Crippen LogP contribution in [0.5, 0.6) is 0 Å². The van der Waals surface area contributed by atoms with Crippen molar-refractivity contribution >= 4 is 11.6 Å². The summed E-state index contributed by atoms with van der Waals surface area (Å²) in [5.74, 6) is 5.43. The zero-order chi connectivity index (χ0) is 11.3. The van der Waals surface area contributed by atoms with Crippen LogP contribution in [0.3, 0.4) is 0 Å². The van der Waals surface area contributed by atoms with Crippen molar-refractivity contribution in [3.05, 3.63) is 29.0 Å². The van der Waals surface area contributed by atoms with Gasteiger partial charge in [-0.15, -0.1) is 0 Å². The van der Waals surface area contributed by atoms with Crippen LogP contribution in [0.25, 0.3) is 0 Å². The summed E-state index contributed by atoms with van der Waals surface area (Å²) in [6.07, 6.45) is 1.84. The summed E-state index contributed by atoms with van der Waals surface area (Å²) in [7, 11) is 0. The summed E-state index contributed by atoms with van der Waals surface area (Å²) in [5, 5.41) is 0.591. The van der Waals surface area contributed by atoms with Gasteiger partial charge in [0.25, 0.3) is 0 Å². The van der Waals surface area contributed by atoms with E-state index in [2.05, 4.69) is 10.4 Å². The molecule has 0 saturated heterocycles. The second-order valence-corrected chi connectivity index (χ2v) is 3.88. The summed E-state index contributed by atoms with van der Waals surface area (Å²) >= 11 is 6.00. The molecule has 0 aromatic carbocycles. The molecule has 5 heteroatoms. The number of nitrogens with one attached hydrogen (secondary N) is 1. The third kappa shape index (κ3) is 3.76. The number of hydrogen-bond acceptors (Lipinski definition) is 4. The standard InChI is InChI=1S/C10H16ClN3O/c1-7(2)15-6-9(14-12)10-8(11)4-3-5-13-10/h3-5,7,9,14H,6,12H2,1-2H3. The van der Waals surface area contributed by atoms with Crippen molar-refractivity contribution in [2.24, 2.45) is 5.84 Å². The quantitative estimate of drug-likeness (QED) is 0.596. The van der Waals surface area contributed by atoms with Crippen molar-refractivity contribution in [3.63, 3.8) is 0 Å². The number of hydrazine groups is 1. The number of rotatable bonds is 5. The lowest BCUT2D eigenvalue weighted by Gasteiger charge is -2.18. The largest absolute Gasteiger partial charge is 0.377 e. The molecule has 1 unspecified atom stereocenters. The molecule has 0 radical (unpaired) electrons. The van der Waals surface area contributed by atoms with Crippen molar-refractivity contribution in [1.29, 1.82) is 0 Å². The molecule has 0 aliphatic rings. The molecule has 4 nitrogen and oxygen atoms in total. The van der Waals surface area contributed by atoms with Crippen LogP contribution in [0.2, 0.25) is 5.02 Å². The first-order valence-electron chi connectivity index (χ1n) is 4.83. The molecular weight excluding hydrogens is 214 g/mol. The van der Waals surface area contributed by atoms with Crippen molar-refractivity contribution in [1.82, 2.24) is 10.4 Å². The van der Waals surface area contributed by atoms with Crippen LogP contribution in [-0.4, -0.2) is 17.7 Å². The first kappa shape index (κ1) is 12.4. The molecule has 0 spiro atoms. The first-order chi connectivity index (χ1) is 7.15. The van der Waals surface area contributed by atoms with Gasteiger partial charge in [0.1, 0.15) is 0 Å². The molecule has 0 aliphatic carbocycles. The summed E-state index contributed by atoms with van der Waals surface area (Å²) in [6, 6.07) is 3.38. The van der Waals surface area contributed by atoms with E-state index in [1.807, 2.05) is 13.8 Å². The lowest BCUT2D eigenvalue weighted by atomic mass is 10.2. The highest BCUT2D eigenvalue weighted by molar-refractivity contribution is 6.31. The molecule has 0 bridgehead atoms. The molecular formula is C10H16ClN3O. The van der Waals surface area contributed by atoms with E-state index in [0.29, 0.717) is 17.3 Å². The van der Waals surface area contributed by atoms with Crippen molar-refractivity contribution in [3.8, 4) is 0 Å². The van der Waals surface area contributed by atoms with E-state index < -0.39 is 0 Å². The number of nitrogens with zero attached hydrogens (tertiary/aromatic N) is 1. The Hall–Kier alpha value is -0.680. The molecule has 0 amide bonds. The smallest absolute Gasteiger partial charge is 0.0880 e. The van der Waals surface area contributed by atoms with E-state index in [0.717, 1.165) is 0 Å². The van der Waals surface area contributed by atoms with E-state index in [1.165, 1.54) is 0 Å². The maximum Gasteiger partial charge on any atom is 0.0880 e. The number of ether oxygens (including phenoxy) is 1. The summed E-state index contributed by atoms with van der Waals surface area (Å²) < 4.78 is 5.46. The second kappa shape index (κ2) is 6.02. The Labute approximate surface area is 94.8 Å². The van der Waals surface area contributed by atoms with Gasteiger partial charge >= 0.3 is 0 Å². The Morgan fingerprint density at radius 2 is 2.33 bits per heavy atom. The third-order valence-electron chi connectivity index (χ3n) is 1.91. The van der Waals surface area contributed by atoms with E-state index in [-0.39, 0.29) is 12.1 Å². The molecule has 0 saturated carbocycles. The van der Waals surface area contributed by atoms with Crippen LogP contribution in [0, 0.1) is 0 Å². The Bertz CT molecular complexity index is 306. The van der Waals surface area contributed by atoms with Crippen LogP contribution in [0.15, 0.2) is 18.3 Å². The molecule has 0 fully saturated rings. The molecule has 15 heavy (non-hydrogen) atoms. The van der Waals surface area contributed by atoms with Gasteiger partial charge in [-0.1, -0.05) is 11.6 Å². The maximum absolute atomic E-state index is 6.00.